The maximum absolute atomic E-state index is 11.7. The summed E-state index contributed by atoms with van der Waals surface area (Å²) in [6.07, 6.45) is 0.957. The van der Waals surface area contributed by atoms with Crippen LogP contribution in [0, 0.1) is 6.92 Å². The van der Waals surface area contributed by atoms with Crippen molar-refractivity contribution >= 4 is 10.0 Å². The number of benzene rings is 1. The van der Waals surface area contributed by atoms with Crippen molar-refractivity contribution in [3.8, 4) is 0 Å². The minimum absolute atomic E-state index is 0.309. The van der Waals surface area contributed by atoms with Gasteiger partial charge in [-0.1, -0.05) is 24.6 Å². The van der Waals surface area contributed by atoms with Crippen LogP contribution in [0.25, 0.3) is 0 Å². The van der Waals surface area contributed by atoms with Crippen LogP contribution in [0.4, 0.5) is 0 Å². The van der Waals surface area contributed by atoms with E-state index in [-0.39, 0.29) is 0 Å². The molecule has 1 aromatic carbocycles. The van der Waals surface area contributed by atoms with Gasteiger partial charge in [0, 0.05) is 6.54 Å². The second-order valence-electron chi connectivity index (χ2n) is 4.00. The fourth-order valence-electron chi connectivity index (χ4n) is 1.99. The van der Waals surface area contributed by atoms with E-state index in [1.165, 1.54) is 0 Å². The predicted molar refractivity (Wildman–Crippen MR) is 59.4 cm³/mol. The lowest BCUT2D eigenvalue weighted by Gasteiger charge is -2.25. The Hall–Kier alpha value is -0.870. The maximum atomic E-state index is 11.7. The second-order valence-corrected chi connectivity index (χ2v) is 5.73. The van der Waals surface area contributed by atoms with Crippen molar-refractivity contribution < 1.29 is 8.42 Å². The molecule has 0 unspecified atom stereocenters. The molecule has 0 aliphatic carbocycles. The Labute approximate surface area is 90.6 Å². The molecule has 2 rings (SSSR count). The third-order valence-electron chi connectivity index (χ3n) is 2.91. The average molecular weight is 225 g/mol. The third-order valence-corrected chi connectivity index (χ3v) is 4.40. The lowest BCUT2D eigenvalue weighted by molar-refractivity contribution is 0.544. The summed E-state index contributed by atoms with van der Waals surface area (Å²) in [4.78, 5) is 0.450. The summed E-state index contributed by atoms with van der Waals surface area (Å²) in [5.74, 6) is 0.309. The summed E-state index contributed by atoms with van der Waals surface area (Å²) in [5, 5.41) is 0. The summed E-state index contributed by atoms with van der Waals surface area (Å²) in [7, 11) is -3.25. The van der Waals surface area contributed by atoms with E-state index in [4.69, 9.17) is 0 Å². The fourth-order valence-corrected chi connectivity index (χ4v) is 3.35. The molecule has 0 saturated heterocycles. The molecule has 0 aromatic heterocycles. The van der Waals surface area contributed by atoms with Gasteiger partial charge in [-0.3, -0.25) is 0 Å². The van der Waals surface area contributed by atoms with Crippen molar-refractivity contribution in [1.29, 1.82) is 0 Å². The van der Waals surface area contributed by atoms with E-state index in [0.717, 1.165) is 17.5 Å². The molecule has 1 N–H and O–H groups in total. The summed E-state index contributed by atoms with van der Waals surface area (Å²) < 4.78 is 26.1. The van der Waals surface area contributed by atoms with Gasteiger partial charge in [0.15, 0.2) is 0 Å². The van der Waals surface area contributed by atoms with E-state index in [9.17, 15) is 8.42 Å². The zero-order chi connectivity index (χ0) is 11.1. The summed E-state index contributed by atoms with van der Waals surface area (Å²) in [5.41, 5.74) is 2.08. The highest BCUT2D eigenvalue weighted by Crippen LogP contribution is 2.30. The number of fused-ring (bicyclic) bond motifs is 1. The van der Waals surface area contributed by atoms with Crippen LogP contribution >= 0.6 is 0 Å². The molecule has 1 aliphatic rings. The molecular weight excluding hydrogens is 210 g/mol. The summed E-state index contributed by atoms with van der Waals surface area (Å²) in [6.45, 7) is 4.59. The zero-order valence-electron chi connectivity index (χ0n) is 8.95. The second kappa shape index (κ2) is 3.61. The lowest BCUT2D eigenvalue weighted by Crippen LogP contribution is -2.34. The predicted octanol–water partition coefficient (Wildman–Crippen LogP) is 1.78. The molecule has 1 heterocycles. The first-order valence-electron chi connectivity index (χ1n) is 5.15. The van der Waals surface area contributed by atoms with Crippen LogP contribution in [0.15, 0.2) is 23.1 Å². The van der Waals surface area contributed by atoms with Gasteiger partial charge >= 0.3 is 0 Å². The minimum atomic E-state index is -3.25. The van der Waals surface area contributed by atoms with Gasteiger partial charge in [0.2, 0.25) is 10.0 Å². The van der Waals surface area contributed by atoms with Crippen LogP contribution in [-0.2, 0) is 10.0 Å². The molecule has 0 fully saturated rings. The zero-order valence-corrected chi connectivity index (χ0v) is 9.76. The minimum Gasteiger partial charge on any atom is -0.211 e. The number of aryl methyl sites for hydroxylation is 1. The van der Waals surface area contributed by atoms with Crippen molar-refractivity contribution in [1.82, 2.24) is 4.72 Å². The molecule has 0 amide bonds. The van der Waals surface area contributed by atoms with Crippen molar-refractivity contribution in [2.24, 2.45) is 0 Å². The number of nitrogens with one attached hydrogen (secondary N) is 1. The highest BCUT2D eigenvalue weighted by Gasteiger charge is 2.28. The largest absolute Gasteiger partial charge is 0.240 e. The Kier molecular flexibility index (Phi) is 2.56. The Morgan fingerprint density at radius 3 is 2.87 bits per heavy atom. The maximum Gasteiger partial charge on any atom is 0.240 e. The van der Waals surface area contributed by atoms with Crippen molar-refractivity contribution in [2.75, 3.05) is 6.54 Å². The third kappa shape index (κ3) is 1.79. The molecule has 0 saturated carbocycles. The van der Waals surface area contributed by atoms with E-state index < -0.39 is 10.0 Å². The molecule has 4 heteroatoms. The number of sulfonamides is 1. The smallest absolute Gasteiger partial charge is 0.211 e. The van der Waals surface area contributed by atoms with Crippen LogP contribution in [0.5, 0.6) is 0 Å². The molecule has 3 nitrogen and oxygen atoms in total. The molecule has 0 bridgehead atoms. The van der Waals surface area contributed by atoms with Crippen LogP contribution in [0.1, 0.15) is 30.4 Å². The average Bonchev–Trinajstić information content (AvgIpc) is 2.17. The van der Waals surface area contributed by atoms with Crippen LogP contribution < -0.4 is 4.72 Å². The van der Waals surface area contributed by atoms with E-state index in [0.29, 0.717) is 17.4 Å². The van der Waals surface area contributed by atoms with E-state index in [1.807, 2.05) is 19.1 Å². The van der Waals surface area contributed by atoms with E-state index >= 15 is 0 Å². The van der Waals surface area contributed by atoms with Gasteiger partial charge in [-0.2, -0.15) is 0 Å². The number of hydrogen-bond donors (Lipinski definition) is 1. The van der Waals surface area contributed by atoms with Gasteiger partial charge in [0.1, 0.15) is 0 Å². The normalized spacial score (nSPS) is 23.5. The SMILES string of the molecule is CC[C@H]1CNS(=O)(=O)c2ccc(C)cc21. The first-order valence-corrected chi connectivity index (χ1v) is 6.63. The van der Waals surface area contributed by atoms with Crippen LogP contribution in [0.2, 0.25) is 0 Å². The number of hydrogen-bond acceptors (Lipinski definition) is 2. The topological polar surface area (TPSA) is 46.2 Å². The number of rotatable bonds is 1. The van der Waals surface area contributed by atoms with Crippen molar-refractivity contribution in [3.05, 3.63) is 29.3 Å². The van der Waals surface area contributed by atoms with Crippen LogP contribution in [-0.4, -0.2) is 15.0 Å². The molecule has 1 atom stereocenters. The van der Waals surface area contributed by atoms with Gasteiger partial charge in [-0.15, -0.1) is 0 Å². The molecule has 15 heavy (non-hydrogen) atoms. The highest BCUT2D eigenvalue weighted by atomic mass is 32.2. The van der Waals surface area contributed by atoms with Crippen LogP contribution in [0.3, 0.4) is 0 Å². The van der Waals surface area contributed by atoms with Gasteiger partial charge in [0.25, 0.3) is 0 Å². The van der Waals surface area contributed by atoms with Gasteiger partial charge in [-0.25, -0.2) is 13.1 Å². The van der Waals surface area contributed by atoms with Crippen molar-refractivity contribution in [2.45, 2.75) is 31.1 Å². The molecule has 82 valence electrons. The Bertz CT molecular complexity index is 479. The molecule has 1 aromatic rings. The lowest BCUT2D eigenvalue weighted by atomic mass is 9.95. The standard InChI is InChI=1S/C11H15NO2S/c1-3-9-7-12-15(13,14)11-5-4-8(2)6-10(9)11/h4-6,9,12H,3,7H2,1-2H3/t9-/m0/s1. The van der Waals surface area contributed by atoms with E-state index in [1.54, 1.807) is 6.07 Å². The Balaban J connectivity index is 2.64. The quantitative estimate of drug-likeness (QED) is 0.792. The summed E-state index contributed by atoms with van der Waals surface area (Å²) in [6, 6.07) is 5.53. The highest BCUT2D eigenvalue weighted by molar-refractivity contribution is 7.89. The molecule has 0 radical (unpaired) electrons. The molecular formula is C11H15NO2S. The van der Waals surface area contributed by atoms with E-state index in [2.05, 4.69) is 11.6 Å². The van der Waals surface area contributed by atoms with Crippen molar-refractivity contribution in [3.63, 3.8) is 0 Å². The molecule has 0 spiro atoms. The first kappa shape index (κ1) is 10.6. The first-order chi connectivity index (χ1) is 7.04. The Morgan fingerprint density at radius 1 is 1.47 bits per heavy atom. The summed E-state index contributed by atoms with van der Waals surface area (Å²) >= 11 is 0. The molecule has 1 aliphatic heterocycles. The van der Waals surface area contributed by atoms with Gasteiger partial charge < -0.3 is 0 Å². The monoisotopic (exact) mass is 225 g/mol. The van der Waals surface area contributed by atoms with Gasteiger partial charge in [0.05, 0.1) is 4.90 Å². The Morgan fingerprint density at radius 2 is 2.20 bits per heavy atom. The van der Waals surface area contributed by atoms with Gasteiger partial charge in [-0.05, 0) is 30.9 Å². The fraction of sp³-hybridized carbons (Fsp3) is 0.455.